The van der Waals surface area contributed by atoms with E-state index in [1.54, 1.807) is 12.1 Å². The van der Waals surface area contributed by atoms with Crippen molar-refractivity contribution >= 4 is 44.9 Å². The summed E-state index contributed by atoms with van der Waals surface area (Å²) in [5.41, 5.74) is 1.18. The van der Waals surface area contributed by atoms with E-state index in [0.29, 0.717) is 23.8 Å². The molecule has 0 bridgehead atoms. The van der Waals surface area contributed by atoms with Crippen molar-refractivity contribution in [1.29, 1.82) is 0 Å². The Bertz CT molecular complexity index is 840. The molecule has 0 saturated carbocycles. The number of hydrogen-bond donors (Lipinski definition) is 2. The molecule has 0 radical (unpaired) electrons. The average Bonchev–Trinajstić information content (AvgIpc) is 2.68. The fourth-order valence-corrected chi connectivity index (χ4v) is 2.90. The van der Waals surface area contributed by atoms with E-state index in [9.17, 15) is 4.79 Å². The van der Waals surface area contributed by atoms with Crippen molar-refractivity contribution in [3.05, 3.63) is 52.5 Å². The Hall–Kier alpha value is -2.12. The number of benzene rings is 2. The lowest BCUT2D eigenvalue weighted by Gasteiger charge is -2.15. The molecule has 0 aromatic heterocycles. The minimum atomic E-state index is -0.334. The molecule has 0 spiro atoms. The lowest BCUT2D eigenvalue weighted by Crippen LogP contribution is -2.34. The normalized spacial score (nSPS) is 11.7. The van der Waals surface area contributed by atoms with Crippen LogP contribution in [-0.2, 0) is 0 Å². The Morgan fingerprint density at radius 3 is 2.45 bits per heavy atom. The molecule has 2 rings (SSSR count). The molecule has 29 heavy (non-hydrogen) atoms. The van der Waals surface area contributed by atoms with Crippen molar-refractivity contribution in [2.45, 2.75) is 40.2 Å². The van der Waals surface area contributed by atoms with Crippen LogP contribution in [0.5, 0.6) is 11.5 Å². The molecule has 0 aliphatic heterocycles. The van der Waals surface area contributed by atoms with Gasteiger partial charge in [-0.3, -0.25) is 10.1 Å². The number of hydrogen-bond acceptors (Lipinski definition) is 4. The highest BCUT2D eigenvalue weighted by atomic mass is 79.9. The molecule has 2 aromatic carbocycles. The van der Waals surface area contributed by atoms with Crippen LogP contribution in [-0.4, -0.2) is 23.7 Å². The van der Waals surface area contributed by atoms with E-state index in [2.05, 4.69) is 47.3 Å². The lowest BCUT2D eigenvalue weighted by molar-refractivity contribution is 0.0973. The standard InChI is InChI=1S/C22H27BrN2O3S/c1-5-15(4)28-18-9-7-17(8-10-18)24-22(29)25-21(26)19-12-16(23)6-11-20(19)27-13-14(2)3/h6-12,14-15H,5,13H2,1-4H3,(H2,24,25,26,29). The fraction of sp³-hybridized carbons (Fsp3) is 0.364. The number of nitrogens with one attached hydrogen (secondary N) is 2. The minimum absolute atomic E-state index is 0.159. The van der Waals surface area contributed by atoms with Crippen LogP contribution in [0.3, 0.4) is 0 Å². The topological polar surface area (TPSA) is 59.6 Å². The molecular formula is C22H27BrN2O3S. The summed E-state index contributed by atoms with van der Waals surface area (Å²) >= 11 is 8.69. The molecule has 5 nitrogen and oxygen atoms in total. The van der Waals surface area contributed by atoms with Crippen molar-refractivity contribution in [2.75, 3.05) is 11.9 Å². The first-order chi connectivity index (χ1) is 13.8. The number of thiocarbonyl (C=S) groups is 1. The zero-order valence-corrected chi connectivity index (χ0v) is 19.5. The molecular weight excluding hydrogens is 452 g/mol. The van der Waals surface area contributed by atoms with Crippen LogP contribution in [0.15, 0.2) is 46.9 Å². The minimum Gasteiger partial charge on any atom is -0.492 e. The monoisotopic (exact) mass is 478 g/mol. The van der Waals surface area contributed by atoms with Gasteiger partial charge in [0.25, 0.3) is 5.91 Å². The average molecular weight is 479 g/mol. The van der Waals surface area contributed by atoms with Gasteiger partial charge in [-0.05, 0) is 73.9 Å². The Morgan fingerprint density at radius 1 is 1.14 bits per heavy atom. The van der Waals surface area contributed by atoms with Gasteiger partial charge in [0.05, 0.1) is 18.3 Å². The summed E-state index contributed by atoms with van der Waals surface area (Å²) in [6.07, 6.45) is 1.10. The zero-order valence-electron chi connectivity index (χ0n) is 17.1. The molecule has 0 fully saturated rings. The molecule has 1 atom stereocenters. The van der Waals surface area contributed by atoms with E-state index in [1.165, 1.54) is 0 Å². The number of carbonyl (C=O) groups excluding carboxylic acids is 1. The number of anilines is 1. The number of amides is 1. The van der Waals surface area contributed by atoms with Gasteiger partial charge < -0.3 is 14.8 Å². The predicted molar refractivity (Wildman–Crippen MR) is 125 cm³/mol. The first-order valence-electron chi connectivity index (χ1n) is 9.59. The number of rotatable bonds is 8. The highest BCUT2D eigenvalue weighted by molar-refractivity contribution is 9.10. The Balaban J connectivity index is 2.00. The predicted octanol–water partition coefficient (Wildman–Crippen LogP) is 5.79. The molecule has 0 aliphatic rings. The van der Waals surface area contributed by atoms with E-state index >= 15 is 0 Å². The van der Waals surface area contributed by atoms with Gasteiger partial charge in [-0.2, -0.15) is 0 Å². The van der Waals surface area contributed by atoms with Crippen LogP contribution >= 0.6 is 28.1 Å². The summed E-state index contributed by atoms with van der Waals surface area (Å²) < 4.78 is 12.3. The molecule has 2 N–H and O–H groups in total. The Kier molecular flexibility index (Phi) is 8.92. The van der Waals surface area contributed by atoms with Crippen LogP contribution in [0.1, 0.15) is 44.5 Å². The van der Waals surface area contributed by atoms with Gasteiger partial charge >= 0.3 is 0 Å². The second-order valence-corrected chi connectivity index (χ2v) is 8.44. The van der Waals surface area contributed by atoms with Gasteiger partial charge in [0, 0.05) is 10.2 Å². The van der Waals surface area contributed by atoms with Gasteiger partial charge in [0.2, 0.25) is 0 Å². The third-order valence-electron chi connectivity index (χ3n) is 4.01. The highest BCUT2D eigenvalue weighted by Gasteiger charge is 2.15. The summed E-state index contributed by atoms with van der Waals surface area (Å²) in [5.74, 6) is 1.33. The number of ether oxygens (including phenoxy) is 2. The molecule has 2 aromatic rings. The molecule has 0 heterocycles. The second kappa shape index (κ2) is 11.2. The van der Waals surface area contributed by atoms with E-state index in [-0.39, 0.29) is 17.1 Å². The van der Waals surface area contributed by atoms with E-state index in [0.717, 1.165) is 22.3 Å². The first kappa shape index (κ1) is 23.2. The van der Waals surface area contributed by atoms with Gasteiger partial charge in [0.15, 0.2) is 5.11 Å². The fourth-order valence-electron chi connectivity index (χ4n) is 2.33. The van der Waals surface area contributed by atoms with Gasteiger partial charge in [-0.25, -0.2) is 0 Å². The third kappa shape index (κ3) is 7.66. The molecule has 1 unspecified atom stereocenters. The summed E-state index contributed by atoms with van der Waals surface area (Å²) in [4.78, 5) is 12.7. The van der Waals surface area contributed by atoms with Crippen molar-refractivity contribution < 1.29 is 14.3 Å². The summed E-state index contributed by atoms with van der Waals surface area (Å²) in [5, 5.41) is 5.93. The van der Waals surface area contributed by atoms with E-state index < -0.39 is 0 Å². The zero-order chi connectivity index (χ0) is 21.4. The highest BCUT2D eigenvalue weighted by Crippen LogP contribution is 2.24. The summed E-state index contributed by atoms with van der Waals surface area (Å²) in [6, 6.07) is 12.8. The van der Waals surface area contributed by atoms with Gasteiger partial charge in [-0.15, -0.1) is 0 Å². The van der Waals surface area contributed by atoms with Gasteiger partial charge in [-0.1, -0.05) is 36.7 Å². The second-order valence-electron chi connectivity index (χ2n) is 7.11. The maximum Gasteiger partial charge on any atom is 0.261 e. The molecule has 156 valence electrons. The Labute approximate surface area is 186 Å². The van der Waals surface area contributed by atoms with E-state index in [4.69, 9.17) is 21.7 Å². The van der Waals surface area contributed by atoms with Crippen LogP contribution in [0.2, 0.25) is 0 Å². The van der Waals surface area contributed by atoms with Crippen LogP contribution in [0.4, 0.5) is 5.69 Å². The van der Waals surface area contributed by atoms with Crippen molar-refractivity contribution in [2.24, 2.45) is 5.92 Å². The first-order valence-corrected chi connectivity index (χ1v) is 10.8. The van der Waals surface area contributed by atoms with Crippen LogP contribution in [0.25, 0.3) is 0 Å². The van der Waals surface area contributed by atoms with Crippen LogP contribution < -0.4 is 20.1 Å². The summed E-state index contributed by atoms with van der Waals surface area (Å²) in [7, 11) is 0. The van der Waals surface area contributed by atoms with Crippen molar-refractivity contribution in [3.63, 3.8) is 0 Å². The molecule has 7 heteroatoms. The van der Waals surface area contributed by atoms with E-state index in [1.807, 2.05) is 37.3 Å². The molecule has 0 saturated heterocycles. The number of halogens is 1. The number of carbonyl (C=O) groups is 1. The summed E-state index contributed by atoms with van der Waals surface area (Å²) in [6.45, 7) is 8.73. The molecule has 0 aliphatic carbocycles. The van der Waals surface area contributed by atoms with Crippen molar-refractivity contribution in [1.82, 2.24) is 5.32 Å². The van der Waals surface area contributed by atoms with Crippen LogP contribution in [0, 0.1) is 5.92 Å². The maximum atomic E-state index is 12.7. The van der Waals surface area contributed by atoms with Gasteiger partial charge in [0.1, 0.15) is 11.5 Å². The SMILES string of the molecule is CCC(C)Oc1ccc(NC(=S)NC(=O)c2cc(Br)ccc2OCC(C)C)cc1. The Morgan fingerprint density at radius 2 is 1.83 bits per heavy atom. The van der Waals surface area contributed by atoms with Crippen molar-refractivity contribution in [3.8, 4) is 11.5 Å². The molecule has 1 amide bonds. The third-order valence-corrected chi connectivity index (χ3v) is 4.71. The lowest BCUT2D eigenvalue weighted by atomic mass is 10.2. The smallest absolute Gasteiger partial charge is 0.261 e. The maximum absolute atomic E-state index is 12.7. The quantitative estimate of drug-likeness (QED) is 0.470. The largest absolute Gasteiger partial charge is 0.492 e.